The maximum Gasteiger partial charge on any atom is 0.254 e. The predicted octanol–water partition coefficient (Wildman–Crippen LogP) is 5.08. The second-order valence-electron chi connectivity index (χ2n) is 7.28. The van der Waals surface area contributed by atoms with Crippen molar-refractivity contribution in [2.24, 2.45) is 0 Å². The molecule has 1 aliphatic rings. The maximum atomic E-state index is 12.9. The number of benzene rings is 3. The molecule has 1 aliphatic heterocycles. The molecule has 31 heavy (non-hydrogen) atoms. The molecule has 1 atom stereocenters. The molecule has 1 unspecified atom stereocenters. The minimum atomic E-state index is -0.554. The van der Waals surface area contributed by atoms with Crippen molar-refractivity contribution in [2.45, 2.75) is 18.9 Å². The lowest BCUT2D eigenvalue weighted by atomic mass is 10.1. The quantitative estimate of drug-likeness (QED) is 0.584. The Bertz CT molecular complexity index is 1080. The molecule has 1 saturated heterocycles. The highest BCUT2D eigenvalue weighted by Crippen LogP contribution is 2.27. The SMILES string of the molecule is O=C(Nc1cccc(Oc2ccc(Cl)cc2)c1)C1CCCN1C(=O)c1ccc(O)cc1. The van der Waals surface area contributed by atoms with Crippen LogP contribution in [-0.2, 0) is 4.79 Å². The van der Waals surface area contributed by atoms with E-state index in [9.17, 15) is 14.7 Å². The molecule has 2 amide bonds. The van der Waals surface area contributed by atoms with E-state index in [0.717, 1.165) is 6.42 Å². The zero-order valence-electron chi connectivity index (χ0n) is 16.6. The Morgan fingerprint density at radius 1 is 1.00 bits per heavy atom. The molecule has 1 fully saturated rings. The van der Waals surface area contributed by atoms with Gasteiger partial charge >= 0.3 is 0 Å². The third-order valence-electron chi connectivity index (χ3n) is 5.08. The van der Waals surface area contributed by atoms with Crippen molar-refractivity contribution < 1.29 is 19.4 Å². The Kier molecular flexibility index (Phi) is 6.09. The topological polar surface area (TPSA) is 78.9 Å². The van der Waals surface area contributed by atoms with E-state index in [1.54, 1.807) is 65.6 Å². The minimum Gasteiger partial charge on any atom is -0.508 e. The fourth-order valence-corrected chi connectivity index (χ4v) is 3.68. The highest BCUT2D eigenvalue weighted by Gasteiger charge is 2.34. The first kappa shape index (κ1) is 20.8. The van der Waals surface area contributed by atoms with Crippen LogP contribution in [0.3, 0.4) is 0 Å². The van der Waals surface area contributed by atoms with Crippen LogP contribution in [0.15, 0.2) is 72.8 Å². The zero-order valence-corrected chi connectivity index (χ0v) is 17.4. The number of carbonyl (C=O) groups is 2. The average Bonchev–Trinajstić information content (AvgIpc) is 3.26. The van der Waals surface area contributed by atoms with Gasteiger partial charge < -0.3 is 20.1 Å². The molecular formula is C24H21ClN2O4. The summed E-state index contributed by atoms with van der Waals surface area (Å²) in [6.07, 6.45) is 1.35. The molecule has 0 aromatic heterocycles. The molecule has 0 radical (unpaired) electrons. The number of carbonyl (C=O) groups excluding carboxylic acids is 2. The number of phenols is 1. The lowest BCUT2D eigenvalue weighted by molar-refractivity contribution is -0.119. The molecule has 2 N–H and O–H groups in total. The second-order valence-corrected chi connectivity index (χ2v) is 7.71. The van der Waals surface area contributed by atoms with E-state index in [0.29, 0.717) is 40.7 Å². The predicted molar refractivity (Wildman–Crippen MR) is 119 cm³/mol. The molecule has 0 aliphatic carbocycles. The van der Waals surface area contributed by atoms with Gasteiger partial charge in [-0.25, -0.2) is 0 Å². The first-order valence-corrected chi connectivity index (χ1v) is 10.3. The lowest BCUT2D eigenvalue weighted by Crippen LogP contribution is -2.43. The number of nitrogens with one attached hydrogen (secondary N) is 1. The number of anilines is 1. The van der Waals surface area contributed by atoms with Crippen molar-refractivity contribution >= 4 is 29.1 Å². The summed E-state index contributed by atoms with van der Waals surface area (Å²) < 4.78 is 5.81. The third kappa shape index (κ3) is 4.98. The van der Waals surface area contributed by atoms with Gasteiger partial charge in [-0.1, -0.05) is 17.7 Å². The Hall–Kier alpha value is -3.51. The van der Waals surface area contributed by atoms with Crippen LogP contribution in [0.2, 0.25) is 5.02 Å². The van der Waals surface area contributed by atoms with Crippen molar-refractivity contribution in [3.63, 3.8) is 0 Å². The van der Waals surface area contributed by atoms with Crippen molar-refractivity contribution in [1.82, 2.24) is 4.90 Å². The third-order valence-corrected chi connectivity index (χ3v) is 5.33. The van der Waals surface area contributed by atoms with E-state index in [1.165, 1.54) is 12.1 Å². The molecule has 6 nitrogen and oxygen atoms in total. The molecule has 0 saturated carbocycles. The number of aromatic hydroxyl groups is 1. The highest BCUT2D eigenvalue weighted by atomic mass is 35.5. The van der Waals surface area contributed by atoms with Gasteiger partial charge in [-0.2, -0.15) is 0 Å². The first-order valence-electron chi connectivity index (χ1n) is 9.94. The Balaban J connectivity index is 1.44. The summed E-state index contributed by atoms with van der Waals surface area (Å²) in [5, 5.41) is 12.9. The van der Waals surface area contributed by atoms with E-state index in [2.05, 4.69) is 5.32 Å². The van der Waals surface area contributed by atoms with Gasteiger partial charge in [0.25, 0.3) is 5.91 Å². The van der Waals surface area contributed by atoms with E-state index >= 15 is 0 Å². The van der Waals surface area contributed by atoms with Gasteiger partial charge in [0.1, 0.15) is 23.3 Å². The fraction of sp³-hybridized carbons (Fsp3) is 0.167. The number of ether oxygens (including phenoxy) is 1. The molecule has 4 rings (SSSR count). The van der Waals surface area contributed by atoms with Gasteiger partial charge in [0.05, 0.1) is 0 Å². The number of hydrogen-bond acceptors (Lipinski definition) is 4. The highest BCUT2D eigenvalue weighted by molar-refractivity contribution is 6.30. The van der Waals surface area contributed by atoms with Crippen LogP contribution in [-0.4, -0.2) is 34.4 Å². The van der Waals surface area contributed by atoms with E-state index in [-0.39, 0.29) is 17.6 Å². The standard InChI is InChI=1S/C24H21ClN2O4/c25-17-8-12-20(13-9-17)31-21-4-1-3-18(15-21)26-23(29)22-5-2-14-27(22)24(30)16-6-10-19(28)11-7-16/h1,3-4,6-13,15,22,28H,2,5,14H2,(H,26,29). The van der Waals surface area contributed by atoms with Crippen LogP contribution in [0.1, 0.15) is 23.2 Å². The fourth-order valence-electron chi connectivity index (χ4n) is 3.55. The summed E-state index contributed by atoms with van der Waals surface area (Å²) in [4.78, 5) is 27.3. The van der Waals surface area contributed by atoms with Gasteiger partial charge in [0, 0.05) is 28.9 Å². The number of nitrogens with zero attached hydrogens (tertiary/aromatic N) is 1. The number of halogens is 1. The van der Waals surface area contributed by atoms with Crippen molar-refractivity contribution in [2.75, 3.05) is 11.9 Å². The van der Waals surface area contributed by atoms with Gasteiger partial charge in [0.15, 0.2) is 0 Å². The average molecular weight is 437 g/mol. The minimum absolute atomic E-state index is 0.0907. The summed E-state index contributed by atoms with van der Waals surface area (Å²) >= 11 is 5.90. The van der Waals surface area contributed by atoms with Crippen LogP contribution in [0.25, 0.3) is 0 Å². The Morgan fingerprint density at radius 3 is 2.48 bits per heavy atom. The van der Waals surface area contributed by atoms with Crippen molar-refractivity contribution in [3.8, 4) is 17.2 Å². The normalized spacial score (nSPS) is 15.5. The summed E-state index contributed by atoms with van der Waals surface area (Å²) in [5.74, 6) is 0.830. The summed E-state index contributed by atoms with van der Waals surface area (Å²) in [6, 6.07) is 19.6. The number of rotatable bonds is 5. The molecular weight excluding hydrogens is 416 g/mol. The summed E-state index contributed by atoms with van der Waals surface area (Å²) in [7, 11) is 0. The molecule has 0 bridgehead atoms. The van der Waals surface area contributed by atoms with Gasteiger partial charge in [-0.15, -0.1) is 0 Å². The van der Waals surface area contributed by atoms with Crippen LogP contribution in [0, 0.1) is 0 Å². The lowest BCUT2D eigenvalue weighted by Gasteiger charge is -2.24. The van der Waals surface area contributed by atoms with Crippen LogP contribution in [0.4, 0.5) is 5.69 Å². The summed E-state index contributed by atoms with van der Waals surface area (Å²) in [5.41, 5.74) is 1.02. The smallest absolute Gasteiger partial charge is 0.254 e. The number of likely N-dealkylation sites (tertiary alicyclic amines) is 1. The van der Waals surface area contributed by atoms with Crippen LogP contribution >= 0.6 is 11.6 Å². The molecule has 3 aromatic rings. The summed E-state index contributed by atoms with van der Waals surface area (Å²) in [6.45, 7) is 0.511. The van der Waals surface area contributed by atoms with Gasteiger partial charge in [0.2, 0.25) is 5.91 Å². The molecule has 0 spiro atoms. The van der Waals surface area contributed by atoms with Crippen molar-refractivity contribution in [3.05, 3.63) is 83.4 Å². The maximum absolute atomic E-state index is 12.9. The van der Waals surface area contributed by atoms with E-state index in [4.69, 9.17) is 16.3 Å². The van der Waals surface area contributed by atoms with E-state index < -0.39 is 6.04 Å². The Morgan fingerprint density at radius 2 is 1.74 bits per heavy atom. The molecule has 1 heterocycles. The molecule has 7 heteroatoms. The second kappa shape index (κ2) is 9.10. The zero-order chi connectivity index (χ0) is 21.8. The number of hydrogen-bond donors (Lipinski definition) is 2. The van der Waals surface area contributed by atoms with Gasteiger partial charge in [-0.05, 0) is 73.5 Å². The van der Waals surface area contributed by atoms with Gasteiger partial charge in [-0.3, -0.25) is 9.59 Å². The van der Waals surface area contributed by atoms with Crippen LogP contribution in [0.5, 0.6) is 17.2 Å². The molecule has 3 aromatic carbocycles. The number of phenolic OH excluding ortho intramolecular Hbond substituents is 1. The molecule has 158 valence electrons. The number of amides is 2. The van der Waals surface area contributed by atoms with Crippen LogP contribution < -0.4 is 10.1 Å². The van der Waals surface area contributed by atoms with Crippen molar-refractivity contribution in [1.29, 1.82) is 0 Å². The van der Waals surface area contributed by atoms with E-state index in [1.807, 2.05) is 0 Å². The largest absolute Gasteiger partial charge is 0.508 e. The first-order chi connectivity index (χ1) is 15.0. The Labute approximate surface area is 185 Å². The monoisotopic (exact) mass is 436 g/mol.